The topological polar surface area (TPSA) is 459 Å². The van der Waals surface area contributed by atoms with E-state index in [0.29, 0.717) is 545 Å². The number of esters is 1. The lowest BCUT2D eigenvalue weighted by Gasteiger charge is -2.13. The third-order valence-corrected chi connectivity index (χ3v) is 18.8. The van der Waals surface area contributed by atoms with Gasteiger partial charge in [-0.2, -0.15) is 0 Å². The molecular weight excluding hydrogens is 1990 g/mol. The third kappa shape index (κ3) is 112. The summed E-state index contributed by atoms with van der Waals surface area (Å²) in [4.78, 5) is 34.9. The van der Waals surface area contributed by atoms with Crippen LogP contribution in [0.25, 0.3) is 0 Å². The van der Waals surface area contributed by atoms with E-state index in [-0.39, 0.29) is 32.4 Å². The number of carbonyl (C=O) groups excluding carboxylic acids is 2. The number of ether oxygens (including phenoxy) is 44. The molecule has 0 aromatic heterocycles. The molecule has 0 aliphatic carbocycles. The van der Waals surface area contributed by atoms with Gasteiger partial charge in [-0.25, -0.2) is 14.6 Å². The maximum atomic E-state index is 12.4. The third-order valence-electron chi connectivity index (χ3n) is 18.8. The maximum Gasteiger partial charge on any atom is 0.338 e. The predicted molar refractivity (Wildman–Crippen MR) is 540 cm³/mol. The van der Waals surface area contributed by atoms with E-state index in [9.17, 15) is 9.59 Å². The Morgan fingerprint density at radius 2 is 0.347 bits per heavy atom. The highest BCUT2D eigenvalue weighted by Gasteiger charge is 2.16. The zero-order valence-corrected chi connectivity index (χ0v) is 90.2. The van der Waals surface area contributed by atoms with Crippen molar-refractivity contribution in [3.8, 4) is 5.75 Å². The number of carbonyl (C=O) groups is 2. The zero-order chi connectivity index (χ0) is 107. The van der Waals surface area contributed by atoms with Crippen LogP contribution in [0, 0.1) is 0 Å². The smallest absolute Gasteiger partial charge is 0.338 e. The van der Waals surface area contributed by atoms with Crippen LogP contribution < -0.4 is 4.74 Å². The summed E-state index contributed by atoms with van der Waals surface area (Å²) < 4.78 is 242. The second-order valence-electron chi connectivity index (χ2n) is 30.9. The van der Waals surface area contributed by atoms with Gasteiger partial charge in [0.05, 0.1) is 534 Å². The van der Waals surface area contributed by atoms with E-state index in [1.165, 1.54) is 19.2 Å². The molecule has 0 bridgehead atoms. The molecule has 150 heavy (non-hydrogen) atoms. The molecule has 0 heterocycles. The van der Waals surface area contributed by atoms with E-state index in [4.69, 9.17) is 218 Å². The molecule has 0 amide bonds. The van der Waals surface area contributed by atoms with Crippen molar-refractivity contribution in [1.82, 2.24) is 0 Å². The number of hydrogen-bond acceptors (Lipinski definition) is 48. The van der Waals surface area contributed by atoms with Crippen LogP contribution >= 0.6 is 0 Å². The van der Waals surface area contributed by atoms with E-state index in [1.54, 1.807) is 38.3 Å². The molecule has 0 radical (unpaired) electrons. The molecule has 0 saturated carbocycles. The molecule has 1 unspecified atom stereocenters. The normalized spacial score (nSPS) is 11.9. The fourth-order valence-electron chi connectivity index (χ4n) is 11.1. The van der Waals surface area contributed by atoms with Gasteiger partial charge in [0.1, 0.15) is 31.7 Å². The average Bonchev–Trinajstić information content (AvgIpc) is 0.865. The molecule has 48 heteroatoms. The highest BCUT2D eigenvalue weighted by molar-refractivity contribution is 5.98. The Morgan fingerprint density at radius 1 is 0.187 bits per heavy atom. The van der Waals surface area contributed by atoms with Crippen LogP contribution in [-0.4, -0.2) is 581 Å². The monoisotopic (exact) mass is 2180 g/mol. The minimum Gasteiger partial charge on any atom is -0.468 e. The predicted octanol–water partition coefficient (Wildman–Crippen LogP) is 3.86. The molecule has 0 spiro atoms. The van der Waals surface area contributed by atoms with Crippen molar-refractivity contribution >= 4 is 11.8 Å². The van der Waals surface area contributed by atoms with Gasteiger partial charge in [0.2, 0.25) is 0 Å². The van der Waals surface area contributed by atoms with E-state index < -0.39 is 12.1 Å². The van der Waals surface area contributed by atoms with Crippen LogP contribution in [-0.2, 0) is 220 Å². The van der Waals surface area contributed by atoms with Gasteiger partial charge in [-0.3, -0.25) is 4.79 Å². The van der Waals surface area contributed by atoms with Gasteiger partial charge in [-0.05, 0) is 36.8 Å². The van der Waals surface area contributed by atoms with Crippen LogP contribution in [0.3, 0.4) is 0 Å². The Balaban J connectivity index is 1.09. The molecular formula is C102H186O48. The lowest BCUT2D eigenvalue weighted by molar-refractivity contribution is -0.312. The second kappa shape index (κ2) is 125. The molecule has 0 saturated heterocycles. The number of hydrogen-bond donors (Lipinski definition) is 0. The van der Waals surface area contributed by atoms with Crippen molar-refractivity contribution in [2.75, 3.05) is 563 Å². The van der Waals surface area contributed by atoms with Crippen LogP contribution in [0.5, 0.6) is 5.75 Å². The molecule has 2 rings (SSSR count). The Labute approximate surface area is 889 Å². The summed E-state index contributed by atoms with van der Waals surface area (Å²) >= 11 is 0. The summed E-state index contributed by atoms with van der Waals surface area (Å²) in [5.74, 6) is -0.0868. The summed E-state index contributed by atoms with van der Waals surface area (Å²) in [6.07, 6.45) is -0.569. The molecule has 1 atom stereocenters. The zero-order valence-electron chi connectivity index (χ0n) is 90.2. The first-order valence-corrected chi connectivity index (χ1v) is 52.4. The lowest BCUT2D eigenvalue weighted by Crippen LogP contribution is -2.20. The Hall–Kier alpha value is -4.38. The van der Waals surface area contributed by atoms with E-state index in [1.807, 2.05) is 12.1 Å². The van der Waals surface area contributed by atoms with Crippen LogP contribution in [0.1, 0.15) is 33.2 Å². The Bertz CT molecular complexity index is 2800. The van der Waals surface area contributed by atoms with Crippen molar-refractivity contribution in [3.05, 3.63) is 65.2 Å². The van der Waals surface area contributed by atoms with E-state index >= 15 is 0 Å². The first-order chi connectivity index (χ1) is 74.5. The van der Waals surface area contributed by atoms with Crippen molar-refractivity contribution in [1.29, 1.82) is 0 Å². The Kier molecular flexibility index (Phi) is 118. The van der Waals surface area contributed by atoms with Gasteiger partial charge in [-0.15, -0.1) is 0 Å². The van der Waals surface area contributed by atoms with Gasteiger partial charge >= 0.3 is 5.97 Å². The number of methoxy groups -OCH3 is 2. The van der Waals surface area contributed by atoms with Gasteiger partial charge in [0, 0.05) is 19.8 Å². The summed E-state index contributed by atoms with van der Waals surface area (Å²) in [6, 6.07) is 13.4. The maximum absolute atomic E-state index is 12.4. The number of rotatable bonds is 133. The van der Waals surface area contributed by atoms with Crippen LogP contribution in [0.2, 0.25) is 0 Å². The van der Waals surface area contributed by atoms with Crippen LogP contribution in [0.15, 0.2) is 48.5 Å². The SMILES string of the molecule is COCCOCCOCCOCCOCCOCCOCCOCCOCCOCCOCCOCCOCCOCCOCCOCCOCCOCCOCCOCCOCCOCCOCCOCCOCCOCCOCCOCCOCCOCCOCCOCCOCCOCCOCCOCCOCCOCCOCCOCCOCOc1ccc(COOCC(C)OC(=O)c2ccc(C(=O)COC)cc2)cc1. The molecule has 2 aromatic rings. The minimum absolute atomic E-state index is 0.0300. The lowest BCUT2D eigenvalue weighted by atomic mass is 10.1. The standard InChI is InChI=1S/C102H186O48/c1-96(150-102(104)99-8-6-98(7-9-99)101(103)94-106-3)92-148-149-93-97-4-10-100(11-5-97)147-95-146-91-90-145-89-88-144-87-86-143-85-84-142-83-82-141-81-80-140-79-78-139-77-76-138-75-74-137-73-72-136-71-70-135-69-68-134-67-66-133-65-64-132-63-62-131-61-60-130-59-58-129-57-56-128-55-54-127-53-52-126-51-50-125-49-48-124-47-46-123-45-44-122-43-42-121-41-40-120-39-38-119-37-36-118-35-34-117-33-32-116-31-30-115-29-28-114-27-26-113-25-24-112-23-22-111-21-20-110-19-18-109-17-16-108-15-14-107-13-12-105-2/h4-11,96H,12-95H2,1-3H3. The number of Topliss-reactive ketones (excluding diaryl/α,β-unsaturated/α-hetero) is 1. The van der Waals surface area contributed by atoms with Gasteiger partial charge in [-0.1, -0.05) is 24.3 Å². The summed E-state index contributed by atoms with van der Waals surface area (Å²) in [6.45, 7) is 39.9. The molecule has 0 aliphatic rings. The Morgan fingerprint density at radius 3 is 0.513 bits per heavy atom. The first kappa shape index (κ1) is 142. The van der Waals surface area contributed by atoms with Crippen LogP contribution in [0.4, 0.5) is 0 Å². The first-order valence-electron chi connectivity index (χ1n) is 52.4. The minimum atomic E-state index is -0.569. The van der Waals surface area contributed by atoms with Crippen molar-refractivity contribution in [2.24, 2.45) is 0 Å². The summed E-state index contributed by atoms with van der Waals surface area (Å²) in [5.41, 5.74) is 1.61. The van der Waals surface area contributed by atoms with Gasteiger partial charge in [0.15, 0.2) is 12.6 Å². The van der Waals surface area contributed by atoms with Gasteiger partial charge < -0.3 is 208 Å². The van der Waals surface area contributed by atoms with E-state index in [2.05, 4.69) is 0 Å². The van der Waals surface area contributed by atoms with Crippen molar-refractivity contribution in [2.45, 2.75) is 19.6 Å². The highest BCUT2D eigenvalue weighted by atomic mass is 17.2. The molecule has 0 fully saturated rings. The van der Waals surface area contributed by atoms with Gasteiger partial charge in [0.25, 0.3) is 0 Å². The fourth-order valence-corrected chi connectivity index (χ4v) is 11.1. The second-order valence-corrected chi connectivity index (χ2v) is 30.9. The number of benzene rings is 2. The average molecular weight is 2180 g/mol. The molecule has 2 aromatic carbocycles. The summed E-state index contributed by atoms with van der Waals surface area (Å²) in [7, 11) is 3.09. The quantitative estimate of drug-likeness (QED) is 0.0226. The highest BCUT2D eigenvalue weighted by Crippen LogP contribution is 2.15. The fraction of sp³-hybridized carbons (Fsp3) is 0.863. The summed E-state index contributed by atoms with van der Waals surface area (Å²) in [5, 5.41) is 0. The largest absolute Gasteiger partial charge is 0.468 e. The van der Waals surface area contributed by atoms with E-state index in [0.717, 1.165) is 5.56 Å². The molecule has 0 N–H and O–H groups in total. The number of ketones is 1. The molecule has 882 valence electrons. The molecule has 48 nitrogen and oxygen atoms in total. The van der Waals surface area contributed by atoms with Crippen molar-refractivity contribution < 1.29 is 228 Å². The molecule has 0 aliphatic heterocycles. The van der Waals surface area contributed by atoms with Crippen molar-refractivity contribution in [3.63, 3.8) is 0 Å².